The first-order valence-corrected chi connectivity index (χ1v) is 30.2. The van der Waals surface area contributed by atoms with E-state index in [0.717, 1.165) is 57.8 Å². The number of allylic oxidation sites excluding steroid dienone is 2. The molecule has 0 fully saturated rings. The van der Waals surface area contributed by atoms with Crippen molar-refractivity contribution in [1.82, 2.24) is 0 Å². The maximum absolute atomic E-state index is 12.9. The Bertz CT molecular complexity index is 1040. The van der Waals surface area contributed by atoms with Crippen LogP contribution in [0.4, 0.5) is 0 Å². The summed E-state index contributed by atoms with van der Waals surface area (Å²) >= 11 is 0. The van der Waals surface area contributed by atoms with E-state index < -0.39 is 6.10 Å². The molecule has 67 heavy (non-hydrogen) atoms. The van der Waals surface area contributed by atoms with Gasteiger partial charge in [0, 0.05) is 19.3 Å². The van der Waals surface area contributed by atoms with Crippen LogP contribution in [-0.4, -0.2) is 37.2 Å². The molecule has 0 radical (unpaired) electrons. The molecule has 0 saturated carbocycles. The molecular formula is C61H116O6. The highest BCUT2D eigenvalue weighted by molar-refractivity contribution is 5.71. The van der Waals surface area contributed by atoms with Gasteiger partial charge in [0.05, 0.1) is 0 Å². The summed E-state index contributed by atoms with van der Waals surface area (Å²) in [6.07, 6.45) is 64.9. The van der Waals surface area contributed by atoms with Crippen molar-refractivity contribution in [2.24, 2.45) is 0 Å². The van der Waals surface area contributed by atoms with Gasteiger partial charge >= 0.3 is 17.9 Å². The fraction of sp³-hybridized carbons (Fsp3) is 0.918. The molecule has 0 heterocycles. The Morgan fingerprint density at radius 3 is 0.746 bits per heavy atom. The Balaban J connectivity index is 4.27. The zero-order valence-corrected chi connectivity index (χ0v) is 45.5. The van der Waals surface area contributed by atoms with Gasteiger partial charge in [0.2, 0.25) is 0 Å². The first-order chi connectivity index (χ1) is 33.0. The van der Waals surface area contributed by atoms with Crippen LogP contribution < -0.4 is 0 Å². The normalized spacial score (nSPS) is 12.0. The van der Waals surface area contributed by atoms with Crippen LogP contribution in [-0.2, 0) is 28.6 Å². The minimum Gasteiger partial charge on any atom is -0.462 e. The smallest absolute Gasteiger partial charge is 0.306 e. The molecule has 0 aromatic rings. The topological polar surface area (TPSA) is 78.9 Å². The van der Waals surface area contributed by atoms with Gasteiger partial charge in [0.25, 0.3) is 0 Å². The van der Waals surface area contributed by atoms with Gasteiger partial charge in [-0.3, -0.25) is 14.4 Å². The van der Waals surface area contributed by atoms with Gasteiger partial charge in [0.15, 0.2) is 6.10 Å². The molecule has 1 unspecified atom stereocenters. The molecule has 0 N–H and O–H groups in total. The predicted octanol–water partition coefficient (Wildman–Crippen LogP) is 20.1. The highest BCUT2D eigenvalue weighted by Crippen LogP contribution is 2.17. The van der Waals surface area contributed by atoms with E-state index in [-0.39, 0.29) is 31.1 Å². The summed E-state index contributed by atoms with van der Waals surface area (Å²) in [6, 6.07) is 0. The van der Waals surface area contributed by atoms with Crippen molar-refractivity contribution in [3.8, 4) is 0 Å². The molecule has 0 rings (SSSR count). The lowest BCUT2D eigenvalue weighted by Crippen LogP contribution is -2.30. The maximum Gasteiger partial charge on any atom is 0.306 e. The summed E-state index contributed by atoms with van der Waals surface area (Å²) in [5.41, 5.74) is 0. The maximum atomic E-state index is 12.9. The average Bonchev–Trinajstić information content (AvgIpc) is 3.33. The largest absolute Gasteiger partial charge is 0.462 e. The lowest BCUT2D eigenvalue weighted by Gasteiger charge is -2.18. The number of unbranched alkanes of at least 4 members (excludes halogenated alkanes) is 43. The predicted molar refractivity (Wildman–Crippen MR) is 289 cm³/mol. The summed E-state index contributed by atoms with van der Waals surface area (Å²) in [5, 5.41) is 0. The summed E-state index contributed by atoms with van der Waals surface area (Å²) in [6.45, 7) is 6.69. The first-order valence-electron chi connectivity index (χ1n) is 30.2. The fourth-order valence-electron chi connectivity index (χ4n) is 9.21. The van der Waals surface area contributed by atoms with Crippen LogP contribution in [0.15, 0.2) is 12.2 Å². The van der Waals surface area contributed by atoms with E-state index in [4.69, 9.17) is 14.2 Å². The third-order valence-corrected chi connectivity index (χ3v) is 13.8. The molecule has 0 aliphatic rings. The van der Waals surface area contributed by atoms with Gasteiger partial charge in [-0.1, -0.05) is 290 Å². The molecule has 6 heteroatoms. The minimum absolute atomic E-state index is 0.0643. The highest BCUT2D eigenvalue weighted by Gasteiger charge is 2.19. The van der Waals surface area contributed by atoms with Crippen molar-refractivity contribution in [2.45, 2.75) is 348 Å². The molecule has 0 aliphatic heterocycles. The Labute approximate surface area is 418 Å². The molecule has 0 amide bonds. The van der Waals surface area contributed by atoms with Crippen LogP contribution in [0.25, 0.3) is 0 Å². The molecule has 0 aromatic carbocycles. The fourth-order valence-corrected chi connectivity index (χ4v) is 9.21. The SMILES string of the molecule is CCCCCCCC/C=C\CCCCCCCCCCCC(=O)OCC(COC(=O)CCCCCCCCCCCCCC)OC(=O)CCCCCCCCCCCCCCCCCCCC. The van der Waals surface area contributed by atoms with Crippen LogP contribution in [0, 0.1) is 0 Å². The highest BCUT2D eigenvalue weighted by atomic mass is 16.6. The number of ether oxygens (including phenoxy) is 3. The van der Waals surface area contributed by atoms with Crippen LogP contribution in [0.5, 0.6) is 0 Å². The zero-order valence-electron chi connectivity index (χ0n) is 45.5. The van der Waals surface area contributed by atoms with E-state index >= 15 is 0 Å². The van der Waals surface area contributed by atoms with Gasteiger partial charge in [-0.15, -0.1) is 0 Å². The summed E-state index contributed by atoms with van der Waals surface area (Å²) in [5.74, 6) is -0.840. The summed E-state index contributed by atoms with van der Waals surface area (Å²) in [4.78, 5) is 38.2. The van der Waals surface area contributed by atoms with Gasteiger partial charge in [-0.2, -0.15) is 0 Å². The standard InChI is InChI=1S/C61H116O6/c1-4-7-10-13-16-19-22-25-27-29-31-33-34-36-39-42-45-48-51-54-60(63)66-57-58(56-65-59(62)53-50-47-44-41-38-24-21-18-15-12-9-6-3)67-61(64)55-52-49-46-43-40-37-35-32-30-28-26-23-20-17-14-11-8-5-2/h25,27,58H,4-24,26,28-57H2,1-3H3/b27-25-. The van der Waals surface area contributed by atoms with E-state index in [1.54, 1.807) is 0 Å². The molecule has 396 valence electrons. The Hall–Kier alpha value is -1.85. The average molecular weight is 946 g/mol. The molecule has 0 aliphatic carbocycles. The van der Waals surface area contributed by atoms with Gasteiger partial charge in [0.1, 0.15) is 13.2 Å². The Morgan fingerprint density at radius 1 is 0.284 bits per heavy atom. The molecule has 0 saturated heterocycles. The van der Waals surface area contributed by atoms with Gasteiger partial charge in [-0.25, -0.2) is 0 Å². The van der Waals surface area contributed by atoms with E-state index in [9.17, 15) is 14.4 Å². The van der Waals surface area contributed by atoms with Crippen molar-refractivity contribution in [1.29, 1.82) is 0 Å². The van der Waals surface area contributed by atoms with Crippen LogP contribution in [0.3, 0.4) is 0 Å². The van der Waals surface area contributed by atoms with Crippen molar-refractivity contribution in [3.05, 3.63) is 12.2 Å². The van der Waals surface area contributed by atoms with Gasteiger partial charge < -0.3 is 14.2 Å². The summed E-state index contributed by atoms with van der Waals surface area (Å²) in [7, 11) is 0. The number of carbonyl (C=O) groups excluding carboxylic acids is 3. The van der Waals surface area contributed by atoms with E-state index in [2.05, 4.69) is 32.9 Å². The van der Waals surface area contributed by atoms with E-state index in [1.165, 1.54) is 244 Å². The van der Waals surface area contributed by atoms with Crippen LogP contribution in [0.1, 0.15) is 342 Å². The molecular weight excluding hydrogens is 829 g/mol. The van der Waals surface area contributed by atoms with Crippen molar-refractivity contribution < 1.29 is 28.6 Å². The lowest BCUT2D eigenvalue weighted by molar-refractivity contribution is -0.167. The molecule has 6 nitrogen and oxygen atoms in total. The van der Waals surface area contributed by atoms with Crippen LogP contribution >= 0.6 is 0 Å². The number of hydrogen-bond donors (Lipinski definition) is 0. The third kappa shape index (κ3) is 55.0. The Morgan fingerprint density at radius 2 is 0.493 bits per heavy atom. The van der Waals surface area contributed by atoms with Crippen molar-refractivity contribution in [3.63, 3.8) is 0 Å². The second-order valence-electron chi connectivity index (χ2n) is 20.6. The molecule has 0 spiro atoms. The Kier molecular flexibility index (Phi) is 55.2. The zero-order chi connectivity index (χ0) is 48.6. The van der Waals surface area contributed by atoms with Crippen LogP contribution in [0.2, 0.25) is 0 Å². The van der Waals surface area contributed by atoms with Gasteiger partial charge in [-0.05, 0) is 44.9 Å². The molecule has 1 atom stereocenters. The number of carbonyl (C=O) groups is 3. The van der Waals surface area contributed by atoms with E-state index in [0.29, 0.717) is 19.3 Å². The third-order valence-electron chi connectivity index (χ3n) is 13.8. The van der Waals surface area contributed by atoms with Crippen molar-refractivity contribution >= 4 is 17.9 Å². The summed E-state index contributed by atoms with van der Waals surface area (Å²) < 4.78 is 16.9. The quantitative estimate of drug-likeness (QED) is 0.0262. The number of hydrogen-bond acceptors (Lipinski definition) is 6. The van der Waals surface area contributed by atoms with Crippen molar-refractivity contribution in [2.75, 3.05) is 13.2 Å². The molecule has 0 aromatic heterocycles. The monoisotopic (exact) mass is 945 g/mol. The minimum atomic E-state index is -0.765. The first kappa shape index (κ1) is 65.1. The van der Waals surface area contributed by atoms with E-state index in [1.807, 2.05) is 0 Å². The number of rotatable bonds is 56. The second kappa shape index (κ2) is 56.7. The second-order valence-corrected chi connectivity index (χ2v) is 20.6. The number of esters is 3. The lowest BCUT2D eigenvalue weighted by atomic mass is 10.0. The molecule has 0 bridgehead atoms.